The van der Waals surface area contributed by atoms with Gasteiger partial charge in [-0.25, -0.2) is 0 Å². The van der Waals surface area contributed by atoms with E-state index < -0.39 is 5.92 Å². The summed E-state index contributed by atoms with van der Waals surface area (Å²) in [6.45, 7) is 0. The molecule has 4 rings (SSSR count). The topological polar surface area (TPSA) is 0 Å². The van der Waals surface area contributed by atoms with Crippen LogP contribution >= 0.6 is 23.5 Å². The van der Waals surface area contributed by atoms with Crippen LogP contribution in [0.2, 0.25) is 0 Å². The molecule has 0 radical (unpaired) electrons. The summed E-state index contributed by atoms with van der Waals surface area (Å²) in [5, 5.41) is 0. The Morgan fingerprint density at radius 1 is 0.565 bits per heavy atom. The molecule has 0 aliphatic heterocycles. The van der Waals surface area contributed by atoms with Gasteiger partial charge in [0.1, 0.15) is 0 Å². The van der Waals surface area contributed by atoms with Crippen molar-refractivity contribution in [2.24, 2.45) is 0 Å². The third-order valence-electron chi connectivity index (χ3n) is 3.64. The van der Waals surface area contributed by atoms with E-state index in [0.29, 0.717) is 9.79 Å². The largest absolute Gasteiger partial charge is 0.301 e. The highest BCUT2D eigenvalue weighted by Crippen LogP contribution is 2.61. The van der Waals surface area contributed by atoms with Crippen LogP contribution in [0.15, 0.2) is 92.4 Å². The van der Waals surface area contributed by atoms with Gasteiger partial charge >= 0.3 is 5.92 Å². The maximum absolute atomic E-state index is 14.2. The average molecular weight is 342 g/mol. The molecule has 0 spiro atoms. The van der Waals surface area contributed by atoms with Crippen LogP contribution in [0.3, 0.4) is 0 Å². The van der Waals surface area contributed by atoms with E-state index in [1.54, 1.807) is 0 Å². The van der Waals surface area contributed by atoms with E-state index in [0.717, 1.165) is 9.79 Å². The number of benzene rings is 3. The fraction of sp³-hybridized carbons (Fsp3) is 0.0526. The van der Waals surface area contributed by atoms with Gasteiger partial charge in [-0.3, -0.25) is 0 Å². The van der Waals surface area contributed by atoms with E-state index in [1.165, 1.54) is 23.5 Å². The van der Waals surface area contributed by atoms with Crippen LogP contribution in [0, 0.1) is 0 Å². The van der Waals surface area contributed by atoms with Gasteiger partial charge < -0.3 is 0 Å². The third kappa shape index (κ3) is 2.77. The minimum Gasteiger partial charge on any atom is -0.196 e. The summed E-state index contributed by atoms with van der Waals surface area (Å²) in [5.41, 5.74) is 0.375. The molecule has 114 valence electrons. The van der Waals surface area contributed by atoms with Gasteiger partial charge in [-0.2, -0.15) is 8.78 Å². The van der Waals surface area contributed by atoms with Crippen molar-refractivity contribution in [3.63, 3.8) is 0 Å². The predicted molar refractivity (Wildman–Crippen MR) is 90.6 cm³/mol. The van der Waals surface area contributed by atoms with Crippen molar-refractivity contribution in [2.75, 3.05) is 0 Å². The fourth-order valence-corrected chi connectivity index (χ4v) is 4.54. The number of rotatable bonds is 4. The number of hydrogen-bond acceptors (Lipinski definition) is 2. The lowest BCUT2D eigenvalue weighted by Gasteiger charge is -2.03. The zero-order valence-electron chi connectivity index (χ0n) is 12.0. The van der Waals surface area contributed by atoms with Crippen LogP contribution in [-0.4, -0.2) is 0 Å². The highest BCUT2D eigenvalue weighted by molar-refractivity contribution is 8.00. The van der Waals surface area contributed by atoms with E-state index >= 15 is 0 Å². The first kappa shape index (κ1) is 14.8. The lowest BCUT2D eigenvalue weighted by molar-refractivity contribution is 0.0958. The Morgan fingerprint density at radius 3 is 1.35 bits per heavy atom. The van der Waals surface area contributed by atoms with Gasteiger partial charge in [-0.1, -0.05) is 59.9 Å². The quantitative estimate of drug-likeness (QED) is 0.535. The van der Waals surface area contributed by atoms with Crippen molar-refractivity contribution in [2.45, 2.75) is 25.5 Å². The minimum absolute atomic E-state index is 0.187. The fourth-order valence-electron chi connectivity index (χ4n) is 2.51. The van der Waals surface area contributed by atoms with Gasteiger partial charge in [0.15, 0.2) is 0 Å². The number of alkyl halides is 2. The smallest absolute Gasteiger partial charge is 0.196 e. The Labute approximate surface area is 141 Å². The van der Waals surface area contributed by atoms with Crippen LogP contribution in [-0.2, 0) is 5.92 Å². The first-order valence-electron chi connectivity index (χ1n) is 7.18. The van der Waals surface area contributed by atoms with Gasteiger partial charge in [0.25, 0.3) is 0 Å². The highest BCUT2D eigenvalue weighted by atomic mass is 32.2. The van der Waals surface area contributed by atoms with Crippen LogP contribution in [0.1, 0.15) is 11.1 Å². The van der Waals surface area contributed by atoms with Gasteiger partial charge in [-0.15, -0.1) is 0 Å². The first-order chi connectivity index (χ1) is 11.2. The standard InChI is InChI=1S/C19H12F2S2/c20-19(21)17-15(22-13-7-3-1-4-8-13)11-12-16(18(17)19)23-14-9-5-2-6-10-14/h1-12H. The number of fused-ring (bicyclic) bond motifs is 1. The van der Waals surface area contributed by atoms with Crippen molar-refractivity contribution in [1.82, 2.24) is 0 Å². The van der Waals surface area contributed by atoms with E-state index in [1.807, 2.05) is 72.8 Å². The second-order valence-electron chi connectivity index (χ2n) is 5.22. The maximum Gasteiger partial charge on any atom is 0.301 e. The molecule has 4 heteroatoms. The van der Waals surface area contributed by atoms with Crippen LogP contribution < -0.4 is 0 Å². The molecule has 1 aliphatic carbocycles. The SMILES string of the molecule is FC1(F)c2c(Sc3ccccc3)ccc(Sc3ccccc3)c21. The Bertz CT molecular complexity index is 776. The second-order valence-corrected chi connectivity index (χ2v) is 7.45. The summed E-state index contributed by atoms with van der Waals surface area (Å²) < 4.78 is 28.4. The molecular formula is C19H12F2S2. The molecule has 0 saturated carbocycles. The van der Waals surface area contributed by atoms with Crippen molar-refractivity contribution in [3.05, 3.63) is 83.9 Å². The minimum atomic E-state index is -2.79. The second kappa shape index (κ2) is 5.69. The summed E-state index contributed by atoms with van der Waals surface area (Å²) in [5.74, 6) is -2.79. The molecule has 0 fully saturated rings. The lowest BCUT2D eigenvalue weighted by atomic mass is 10.4. The molecule has 0 bridgehead atoms. The lowest BCUT2D eigenvalue weighted by Crippen LogP contribution is -1.86. The Kier molecular flexibility index (Phi) is 3.66. The van der Waals surface area contributed by atoms with Crippen LogP contribution in [0.25, 0.3) is 0 Å². The molecule has 1 aliphatic rings. The van der Waals surface area contributed by atoms with Crippen molar-refractivity contribution in [1.29, 1.82) is 0 Å². The van der Waals surface area contributed by atoms with Gasteiger partial charge in [0.05, 0.1) is 11.1 Å². The van der Waals surface area contributed by atoms with E-state index in [-0.39, 0.29) is 11.1 Å². The first-order valence-corrected chi connectivity index (χ1v) is 8.81. The highest BCUT2D eigenvalue weighted by Gasteiger charge is 2.57. The molecule has 0 heterocycles. The zero-order chi connectivity index (χ0) is 15.9. The summed E-state index contributed by atoms with van der Waals surface area (Å²) in [6, 6.07) is 22.9. The maximum atomic E-state index is 14.2. The zero-order valence-corrected chi connectivity index (χ0v) is 13.6. The molecule has 0 unspecified atom stereocenters. The van der Waals surface area contributed by atoms with Gasteiger partial charge in [0.2, 0.25) is 0 Å². The summed E-state index contributed by atoms with van der Waals surface area (Å²) in [6.07, 6.45) is 0. The average Bonchev–Trinajstić information content (AvgIpc) is 3.15. The number of halogens is 2. The summed E-state index contributed by atoms with van der Waals surface area (Å²) in [4.78, 5) is 3.24. The molecule has 3 aromatic rings. The van der Waals surface area contributed by atoms with E-state index in [2.05, 4.69) is 0 Å². The normalized spacial score (nSPS) is 14.3. The van der Waals surface area contributed by atoms with Crippen molar-refractivity contribution >= 4 is 23.5 Å². The molecule has 0 N–H and O–H groups in total. The van der Waals surface area contributed by atoms with Gasteiger partial charge in [0, 0.05) is 19.6 Å². The van der Waals surface area contributed by atoms with Crippen LogP contribution in [0.5, 0.6) is 0 Å². The van der Waals surface area contributed by atoms with Crippen molar-refractivity contribution < 1.29 is 8.78 Å². The Morgan fingerprint density at radius 2 is 0.957 bits per heavy atom. The van der Waals surface area contributed by atoms with Crippen LogP contribution in [0.4, 0.5) is 8.78 Å². The molecule has 0 amide bonds. The van der Waals surface area contributed by atoms with Crippen molar-refractivity contribution in [3.8, 4) is 0 Å². The summed E-state index contributed by atoms with van der Waals surface area (Å²) in [7, 11) is 0. The van der Waals surface area contributed by atoms with E-state index in [9.17, 15) is 8.78 Å². The monoisotopic (exact) mass is 342 g/mol. The molecule has 23 heavy (non-hydrogen) atoms. The number of hydrogen-bond donors (Lipinski definition) is 0. The Balaban J connectivity index is 1.66. The molecular weight excluding hydrogens is 330 g/mol. The summed E-state index contributed by atoms with van der Waals surface area (Å²) >= 11 is 2.79. The van der Waals surface area contributed by atoms with E-state index in [4.69, 9.17) is 0 Å². The molecule has 0 saturated heterocycles. The van der Waals surface area contributed by atoms with Gasteiger partial charge in [-0.05, 0) is 36.4 Å². The molecule has 0 nitrogen and oxygen atoms in total. The predicted octanol–water partition coefficient (Wildman–Crippen LogP) is 6.44. The molecule has 0 atom stereocenters. The molecule has 3 aromatic carbocycles. The third-order valence-corrected chi connectivity index (χ3v) is 5.77. The Hall–Kier alpha value is -1.78. The molecule has 0 aromatic heterocycles.